The van der Waals surface area contributed by atoms with Gasteiger partial charge in [0.25, 0.3) is 10.0 Å². The van der Waals surface area contributed by atoms with Crippen molar-refractivity contribution in [3.8, 4) is 0 Å². The Labute approximate surface area is 156 Å². The van der Waals surface area contributed by atoms with Crippen molar-refractivity contribution in [2.75, 3.05) is 10.5 Å². The highest BCUT2D eigenvalue weighted by Gasteiger charge is 2.51. The van der Waals surface area contributed by atoms with Crippen LogP contribution < -0.4 is 4.72 Å². The Morgan fingerprint density at radius 3 is 2.78 bits per heavy atom. The monoisotopic (exact) mass is 429 g/mol. The van der Waals surface area contributed by atoms with Gasteiger partial charge in [-0.1, -0.05) is 40.8 Å². The first-order chi connectivity index (χ1) is 10.8. The van der Waals surface area contributed by atoms with Crippen LogP contribution in [-0.4, -0.2) is 28.7 Å². The van der Waals surface area contributed by atoms with Crippen molar-refractivity contribution in [1.82, 2.24) is 10.2 Å². The molecule has 1 aromatic carbocycles. The second-order valence-electron chi connectivity index (χ2n) is 4.91. The van der Waals surface area contributed by atoms with Gasteiger partial charge in [-0.25, -0.2) is 8.42 Å². The molecule has 1 aromatic heterocycles. The van der Waals surface area contributed by atoms with E-state index in [1.54, 1.807) is 12.1 Å². The van der Waals surface area contributed by atoms with Crippen LogP contribution in [-0.2, 0) is 10.0 Å². The molecule has 0 amide bonds. The van der Waals surface area contributed by atoms with Crippen molar-refractivity contribution in [1.29, 1.82) is 0 Å². The number of nitrogens with one attached hydrogen (secondary N) is 1. The first-order valence-electron chi connectivity index (χ1n) is 6.39. The summed E-state index contributed by atoms with van der Waals surface area (Å²) in [6.07, 6.45) is 0.760. The van der Waals surface area contributed by atoms with Crippen LogP contribution in [0.25, 0.3) is 0 Å². The lowest BCUT2D eigenvalue weighted by atomic mass is 10.4. The van der Waals surface area contributed by atoms with E-state index in [4.69, 9.17) is 34.8 Å². The Kier molecular flexibility index (Phi) is 5.02. The van der Waals surface area contributed by atoms with E-state index in [2.05, 4.69) is 14.9 Å². The molecule has 23 heavy (non-hydrogen) atoms. The Bertz CT molecular complexity index is 826. The molecular formula is C12H10Cl3N3O2S3. The van der Waals surface area contributed by atoms with Gasteiger partial charge in [0.2, 0.25) is 5.13 Å². The van der Waals surface area contributed by atoms with Crippen molar-refractivity contribution in [3.63, 3.8) is 0 Å². The predicted octanol–water partition coefficient (Wildman–Crippen LogP) is 4.28. The largest absolute Gasteiger partial charge is 0.263 e. The molecule has 5 nitrogen and oxygen atoms in total. The minimum absolute atomic E-state index is 0.0708. The first kappa shape index (κ1) is 17.6. The Morgan fingerprint density at radius 2 is 2.13 bits per heavy atom. The Morgan fingerprint density at radius 1 is 1.39 bits per heavy atom. The SMILES string of the molecule is O=S(=O)(Nc1nnc(SCC2CC2(Cl)Cl)s1)c1cccc(Cl)c1. The molecule has 0 spiro atoms. The molecule has 0 bridgehead atoms. The number of nitrogens with zero attached hydrogens (tertiary/aromatic N) is 2. The van der Waals surface area contributed by atoms with E-state index in [-0.39, 0.29) is 15.9 Å². The fraction of sp³-hybridized carbons (Fsp3) is 0.333. The van der Waals surface area contributed by atoms with E-state index in [0.717, 1.165) is 23.5 Å². The van der Waals surface area contributed by atoms with Crippen LogP contribution in [0.3, 0.4) is 0 Å². The first-order valence-corrected chi connectivity index (χ1v) is 10.8. The Balaban J connectivity index is 1.64. The molecule has 0 saturated heterocycles. The van der Waals surface area contributed by atoms with Crippen molar-refractivity contribution >= 4 is 73.1 Å². The van der Waals surface area contributed by atoms with Crippen LogP contribution in [0.2, 0.25) is 5.02 Å². The maximum Gasteiger partial charge on any atom is 0.263 e. The number of anilines is 1. The third-order valence-corrected chi connectivity index (χ3v) is 7.86. The molecule has 0 aliphatic heterocycles. The molecule has 1 fully saturated rings. The van der Waals surface area contributed by atoms with E-state index >= 15 is 0 Å². The van der Waals surface area contributed by atoms with Crippen LogP contribution in [0.4, 0.5) is 5.13 Å². The summed E-state index contributed by atoms with van der Waals surface area (Å²) in [5.74, 6) is 0.953. The van der Waals surface area contributed by atoms with Gasteiger partial charge < -0.3 is 0 Å². The third-order valence-electron chi connectivity index (χ3n) is 3.10. The quantitative estimate of drug-likeness (QED) is 0.547. The van der Waals surface area contributed by atoms with Crippen molar-refractivity contribution in [3.05, 3.63) is 29.3 Å². The van der Waals surface area contributed by atoms with Crippen molar-refractivity contribution < 1.29 is 8.42 Å². The van der Waals surface area contributed by atoms with Gasteiger partial charge in [0.1, 0.15) is 4.33 Å². The number of thioether (sulfide) groups is 1. The molecule has 1 atom stereocenters. The molecule has 1 aliphatic carbocycles. The molecular weight excluding hydrogens is 421 g/mol. The summed E-state index contributed by atoms with van der Waals surface area (Å²) in [5, 5.41) is 8.34. The number of aromatic nitrogens is 2. The highest BCUT2D eigenvalue weighted by atomic mass is 35.5. The van der Waals surface area contributed by atoms with Crippen LogP contribution in [0.1, 0.15) is 6.42 Å². The summed E-state index contributed by atoms with van der Waals surface area (Å²) in [5.41, 5.74) is 0. The van der Waals surface area contributed by atoms with Gasteiger partial charge in [-0.05, 0) is 24.6 Å². The average Bonchev–Trinajstić information content (AvgIpc) is 2.87. The van der Waals surface area contributed by atoms with Gasteiger partial charge in [-0.15, -0.1) is 33.4 Å². The van der Waals surface area contributed by atoms with Crippen LogP contribution in [0, 0.1) is 5.92 Å². The van der Waals surface area contributed by atoms with Gasteiger partial charge in [0.05, 0.1) is 4.90 Å². The summed E-state index contributed by atoms with van der Waals surface area (Å²) >= 11 is 20.4. The lowest BCUT2D eigenvalue weighted by molar-refractivity contribution is 0.601. The summed E-state index contributed by atoms with van der Waals surface area (Å²) in [7, 11) is -3.74. The molecule has 3 rings (SSSR count). The number of rotatable bonds is 6. The molecule has 1 saturated carbocycles. The lowest BCUT2D eigenvalue weighted by Crippen LogP contribution is -2.12. The van der Waals surface area contributed by atoms with E-state index in [1.165, 1.54) is 23.9 Å². The van der Waals surface area contributed by atoms with E-state index in [0.29, 0.717) is 9.36 Å². The summed E-state index contributed by atoms with van der Waals surface area (Å²) < 4.78 is 26.9. The number of hydrogen-bond donors (Lipinski definition) is 1. The standard InChI is InChI=1S/C12H10Cl3N3O2S3/c13-8-2-1-3-9(4-8)23(19,20)18-10-16-17-11(22-10)21-6-7-5-12(7,14)15/h1-4,7H,5-6H2,(H,16,18). The maximum absolute atomic E-state index is 12.3. The Hall–Kier alpha value is -0.250. The molecule has 1 aliphatic rings. The predicted molar refractivity (Wildman–Crippen MR) is 95.4 cm³/mol. The molecule has 124 valence electrons. The topological polar surface area (TPSA) is 72.0 Å². The fourth-order valence-electron chi connectivity index (χ4n) is 1.74. The molecule has 1 heterocycles. The average molecular weight is 431 g/mol. The molecule has 11 heteroatoms. The molecule has 2 aromatic rings. The minimum atomic E-state index is -3.74. The van der Waals surface area contributed by atoms with Gasteiger partial charge in [-0.2, -0.15) is 0 Å². The molecule has 1 unspecified atom stereocenters. The zero-order valence-corrected chi connectivity index (χ0v) is 16.1. The number of halogens is 3. The summed E-state index contributed by atoms with van der Waals surface area (Å²) in [6.45, 7) is 0. The smallest absolute Gasteiger partial charge is 0.253 e. The van der Waals surface area contributed by atoms with E-state index in [9.17, 15) is 8.42 Å². The maximum atomic E-state index is 12.3. The number of hydrogen-bond acceptors (Lipinski definition) is 6. The lowest BCUT2D eigenvalue weighted by Gasteiger charge is -2.04. The summed E-state index contributed by atoms with van der Waals surface area (Å²) in [4.78, 5) is 0.0708. The van der Waals surface area contributed by atoms with Crippen LogP contribution >= 0.6 is 57.9 Å². The molecule has 1 N–H and O–H groups in total. The summed E-state index contributed by atoms with van der Waals surface area (Å²) in [6, 6.07) is 6.00. The third kappa shape index (κ3) is 4.43. The second-order valence-corrected chi connectivity index (χ2v) is 10.8. The van der Waals surface area contributed by atoms with E-state index < -0.39 is 14.4 Å². The number of sulfonamides is 1. The van der Waals surface area contributed by atoms with Gasteiger partial charge >= 0.3 is 0 Å². The van der Waals surface area contributed by atoms with Crippen LogP contribution in [0.5, 0.6) is 0 Å². The van der Waals surface area contributed by atoms with Gasteiger partial charge in [0.15, 0.2) is 4.34 Å². The van der Waals surface area contributed by atoms with E-state index in [1.807, 2.05) is 0 Å². The highest BCUT2D eigenvalue weighted by Crippen LogP contribution is 2.55. The fourth-order valence-corrected chi connectivity index (χ4v) is 5.98. The zero-order chi connectivity index (χ0) is 16.7. The van der Waals surface area contributed by atoms with Gasteiger partial charge in [-0.3, -0.25) is 4.72 Å². The van der Waals surface area contributed by atoms with Crippen molar-refractivity contribution in [2.24, 2.45) is 5.92 Å². The normalized spacial score (nSPS) is 19.5. The van der Waals surface area contributed by atoms with Crippen LogP contribution in [0.15, 0.2) is 33.5 Å². The number of alkyl halides is 2. The number of benzene rings is 1. The highest BCUT2D eigenvalue weighted by molar-refractivity contribution is 8.01. The molecule has 0 radical (unpaired) electrons. The second kappa shape index (κ2) is 6.57. The van der Waals surface area contributed by atoms with Gasteiger partial charge in [0, 0.05) is 16.7 Å². The minimum Gasteiger partial charge on any atom is -0.253 e. The zero-order valence-electron chi connectivity index (χ0n) is 11.4. The van der Waals surface area contributed by atoms with Crippen molar-refractivity contribution in [2.45, 2.75) is 20.0 Å².